The van der Waals surface area contributed by atoms with E-state index in [0.29, 0.717) is 22.9 Å². The van der Waals surface area contributed by atoms with E-state index in [2.05, 4.69) is 22.2 Å². The smallest absolute Gasteiger partial charge is 0.146 e. The predicted octanol–water partition coefficient (Wildman–Crippen LogP) is 3.18. The van der Waals surface area contributed by atoms with Crippen LogP contribution < -0.4 is 5.32 Å². The molecule has 0 radical (unpaired) electrons. The van der Waals surface area contributed by atoms with Crippen LogP contribution >= 0.6 is 11.6 Å². The first-order valence-electron chi connectivity index (χ1n) is 5.97. The maximum atomic E-state index is 8.91. The third-order valence-corrected chi connectivity index (χ3v) is 3.18. The third-order valence-electron chi connectivity index (χ3n) is 2.80. The van der Waals surface area contributed by atoms with E-state index in [9.17, 15) is 0 Å². The zero-order valence-electron chi connectivity index (χ0n) is 10.5. The monoisotopic (exact) mass is 272 g/mol. The van der Waals surface area contributed by atoms with Crippen molar-refractivity contribution < 1.29 is 0 Å². The summed E-state index contributed by atoms with van der Waals surface area (Å²) in [5.41, 5.74) is 2.56. The van der Waals surface area contributed by atoms with E-state index in [1.807, 2.05) is 18.2 Å². The zero-order chi connectivity index (χ0) is 13.7. The van der Waals surface area contributed by atoms with E-state index in [4.69, 9.17) is 16.9 Å². The standard InChI is InChI=1S/C14H13ClN4/c1-2-10-4-3-6-17-12(10)9-19-14-13(15)11(8-16)5-7-18-14/h3-7H,2,9H2,1H3,(H,18,19). The molecule has 19 heavy (non-hydrogen) atoms. The first-order chi connectivity index (χ1) is 9.26. The molecule has 0 aromatic carbocycles. The van der Waals surface area contributed by atoms with Crippen LogP contribution in [0.25, 0.3) is 0 Å². The highest BCUT2D eigenvalue weighted by Crippen LogP contribution is 2.23. The van der Waals surface area contributed by atoms with Crippen molar-refractivity contribution in [1.29, 1.82) is 5.26 Å². The average molecular weight is 273 g/mol. The summed E-state index contributed by atoms with van der Waals surface area (Å²) >= 11 is 6.08. The van der Waals surface area contributed by atoms with Gasteiger partial charge in [0.25, 0.3) is 0 Å². The van der Waals surface area contributed by atoms with Gasteiger partial charge in [-0.3, -0.25) is 4.98 Å². The number of pyridine rings is 2. The Kier molecular flexibility index (Phi) is 4.32. The molecule has 1 N–H and O–H groups in total. The number of nitrogens with zero attached hydrogens (tertiary/aromatic N) is 3. The topological polar surface area (TPSA) is 61.6 Å². The fourth-order valence-corrected chi connectivity index (χ4v) is 1.99. The lowest BCUT2D eigenvalue weighted by atomic mass is 10.1. The van der Waals surface area contributed by atoms with Gasteiger partial charge in [-0.1, -0.05) is 24.6 Å². The molecule has 0 unspecified atom stereocenters. The summed E-state index contributed by atoms with van der Waals surface area (Å²) < 4.78 is 0. The Hall–Kier alpha value is -2.12. The highest BCUT2D eigenvalue weighted by molar-refractivity contribution is 6.34. The molecule has 0 fully saturated rings. The predicted molar refractivity (Wildman–Crippen MR) is 74.9 cm³/mol. The van der Waals surface area contributed by atoms with E-state index in [1.54, 1.807) is 18.5 Å². The van der Waals surface area contributed by atoms with Gasteiger partial charge >= 0.3 is 0 Å². The van der Waals surface area contributed by atoms with Crippen LogP contribution in [-0.4, -0.2) is 9.97 Å². The van der Waals surface area contributed by atoms with E-state index >= 15 is 0 Å². The number of nitriles is 1. The molecule has 2 aromatic heterocycles. The summed E-state index contributed by atoms with van der Waals surface area (Å²) in [6.45, 7) is 2.62. The number of rotatable bonds is 4. The maximum Gasteiger partial charge on any atom is 0.146 e. The molecule has 5 heteroatoms. The Morgan fingerprint density at radius 3 is 2.89 bits per heavy atom. The second-order valence-corrected chi connectivity index (χ2v) is 4.33. The molecule has 0 amide bonds. The van der Waals surface area contributed by atoms with Crippen molar-refractivity contribution in [2.45, 2.75) is 19.9 Å². The van der Waals surface area contributed by atoms with E-state index < -0.39 is 0 Å². The minimum Gasteiger partial charge on any atom is -0.363 e. The second kappa shape index (κ2) is 6.17. The summed E-state index contributed by atoms with van der Waals surface area (Å²) in [4.78, 5) is 8.47. The minimum absolute atomic E-state index is 0.346. The molecular formula is C14H13ClN4. The van der Waals surface area contributed by atoms with Gasteiger partial charge in [-0.15, -0.1) is 0 Å². The van der Waals surface area contributed by atoms with E-state index in [0.717, 1.165) is 12.1 Å². The molecule has 0 spiro atoms. The lowest BCUT2D eigenvalue weighted by Gasteiger charge is -2.10. The van der Waals surface area contributed by atoms with Crippen molar-refractivity contribution in [3.8, 4) is 6.07 Å². The van der Waals surface area contributed by atoms with Crippen molar-refractivity contribution >= 4 is 17.4 Å². The van der Waals surface area contributed by atoms with Crippen molar-refractivity contribution in [1.82, 2.24) is 9.97 Å². The van der Waals surface area contributed by atoms with Crippen molar-refractivity contribution in [2.75, 3.05) is 5.32 Å². The third kappa shape index (κ3) is 3.01. The molecule has 2 aromatic rings. The zero-order valence-corrected chi connectivity index (χ0v) is 11.3. The lowest BCUT2D eigenvalue weighted by molar-refractivity contribution is 0.964. The van der Waals surface area contributed by atoms with Crippen LogP contribution in [0, 0.1) is 11.3 Å². The van der Waals surface area contributed by atoms with Crippen molar-refractivity contribution in [2.24, 2.45) is 0 Å². The summed E-state index contributed by atoms with van der Waals surface area (Å²) in [5.74, 6) is 0.508. The average Bonchev–Trinajstić information content (AvgIpc) is 2.46. The van der Waals surface area contributed by atoms with Gasteiger partial charge in [-0.2, -0.15) is 5.26 Å². The number of aromatic nitrogens is 2. The largest absolute Gasteiger partial charge is 0.363 e. The number of hydrogen-bond donors (Lipinski definition) is 1. The van der Waals surface area contributed by atoms with Gasteiger partial charge in [0, 0.05) is 12.4 Å². The lowest BCUT2D eigenvalue weighted by Crippen LogP contribution is -2.06. The fourth-order valence-electron chi connectivity index (χ4n) is 1.77. The van der Waals surface area contributed by atoms with Crippen LogP contribution in [-0.2, 0) is 13.0 Å². The molecule has 0 atom stereocenters. The number of anilines is 1. The number of halogens is 1. The van der Waals surface area contributed by atoms with Crippen molar-refractivity contribution in [3.63, 3.8) is 0 Å². The summed E-state index contributed by atoms with van der Waals surface area (Å²) in [7, 11) is 0. The van der Waals surface area contributed by atoms with Crippen LogP contribution in [0.15, 0.2) is 30.6 Å². The van der Waals surface area contributed by atoms with Crippen LogP contribution in [0.5, 0.6) is 0 Å². The second-order valence-electron chi connectivity index (χ2n) is 3.95. The molecule has 0 saturated carbocycles. The van der Waals surface area contributed by atoms with Gasteiger partial charge in [-0.05, 0) is 24.1 Å². The molecule has 0 aliphatic heterocycles. The molecule has 2 heterocycles. The molecule has 0 aliphatic rings. The van der Waals surface area contributed by atoms with Crippen LogP contribution in [0.2, 0.25) is 5.02 Å². The summed E-state index contributed by atoms with van der Waals surface area (Å²) in [6.07, 6.45) is 4.24. The van der Waals surface area contributed by atoms with Crippen LogP contribution in [0.3, 0.4) is 0 Å². The van der Waals surface area contributed by atoms with Crippen molar-refractivity contribution in [3.05, 3.63) is 52.4 Å². The maximum absolute atomic E-state index is 8.91. The normalized spacial score (nSPS) is 9.95. The molecule has 96 valence electrons. The van der Waals surface area contributed by atoms with Crippen LogP contribution in [0.4, 0.5) is 5.82 Å². The van der Waals surface area contributed by atoms with Gasteiger partial charge in [0.05, 0.1) is 17.8 Å². The Labute approximate surface area is 117 Å². The molecule has 0 aliphatic carbocycles. The molecular weight excluding hydrogens is 260 g/mol. The van der Waals surface area contributed by atoms with Crippen LogP contribution in [0.1, 0.15) is 23.7 Å². The summed E-state index contributed by atoms with van der Waals surface area (Å²) in [6, 6.07) is 7.58. The molecule has 2 rings (SSSR count). The van der Waals surface area contributed by atoms with Gasteiger partial charge in [-0.25, -0.2) is 4.98 Å². The molecule has 4 nitrogen and oxygen atoms in total. The Morgan fingerprint density at radius 2 is 2.16 bits per heavy atom. The first-order valence-corrected chi connectivity index (χ1v) is 6.35. The van der Waals surface area contributed by atoms with E-state index in [-0.39, 0.29) is 0 Å². The summed E-state index contributed by atoms with van der Waals surface area (Å²) in [5, 5.41) is 12.4. The Morgan fingerprint density at radius 1 is 1.32 bits per heavy atom. The van der Waals surface area contributed by atoms with E-state index in [1.165, 1.54) is 5.56 Å². The highest BCUT2D eigenvalue weighted by Gasteiger charge is 2.08. The van der Waals surface area contributed by atoms with Gasteiger partial charge in [0.15, 0.2) is 0 Å². The molecule has 0 bridgehead atoms. The number of hydrogen-bond acceptors (Lipinski definition) is 4. The fraction of sp³-hybridized carbons (Fsp3) is 0.214. The van der Waals surface area contributed by atoms with Gasteiger partial charge in [0.2, 0.25) is 0 Å². The number of nitrogens with one attached hydrogen (secondary N) is 1. The number of aryl methyl sites for hydroxylation is 1. The Bertz CT molecular complexity index is 619. The SMILES string of the molecule is CCc1cccnc1CNc1nccc(C#N)c1Cl. The first kappa shape index (κ1) is 13.3. The molecule has 0 saturated heterocycles. The Balaban J connectivity index is 2.17. The highest BCUT2D eigenvalue weighted by atomic mass is 35.5. The van der Waals surface area contributed by atoms with Gasteiger partial charge < -0.3 is 5.32 Å². The van der Waals surface area contributed by atoms with Gasteiger partial charge in [0.1, 0.15) is 16.9 Å². The quantitative estimate of drug-likeness (QED) is 0.929. The minimum atomic E-state index is 0.346.